The van der Waals surface area contributed by atoms with Crippen LogP contribution in [0.4, 0.5) is 0 Å². The number of nitrogens with zero attached hydrogens (tertiary/aromatic N) is 1. The average molecular weight is 240 g/mol. The third kappa shape index (κ3) is 5.39. The number of unbranched alkanes of at least 4 members (excludes halogenated alkanes) is 1. The Bertz CT molecular complexity index is 193. The second-order valence-electron chi connectivity index (χ2n) is 6.00. The Labute approximate surface area is 108 Å². The Balaban J connectivity index is 2.13. The number of rotatable bonds is 7. The van der Waals surface area contributed by atoms with Crippen molar-refractivity contribution in [1.29, 1.82) is 0 Å². The van der Waals surface area contributed by atoms with E-state index in [0.29, 0.717) is 6.04 Å². The van der Waals surface area contributed by atoms with Crippen molar-refractivity contribution in [2.75, 3.05) is 20.6 Å². The minimum atomic E-state index is 0.675. The van der Waals surface area contributed by atoms with Crippen molar-refractivity contribution in [2.24, 2.45) is 5.92 Å². The van der Waals surface area contributed by atoms with Crippen LogP contribution in [-0.2, 0) is 0 Å². The lowest BCUT2D eigenvalue weighted by molar-refractivity contribution is 0.137. The summed E-state index contributed by atoms with van der Waals surface area (Å²) in [5, 5.41) is 3.31. The zero-order valence-corrected chi connectivity index (χ0v) is 12.3. The molecule has 0 aliphatic heterocycles. The van der Waals surface area contributed by atoms with Crippen LogP contribution in [0.1, 0.15) is 58.8 Å². The summed E-state index contributed by atoms with van der Waals surface area (Å²) < 4.78 is 0. The number of hydrogen-bond acceptors (Lipinski definition) is 2. The summed E-state index contributed by atoms with van der Waals surface area (Å²) in [5.41, 5.74) is 0. The van der Waals surface area contributed by atoms with Crippen LogP contribution in [-0.4, -0.2) is 37.6 Å². The Kier molecular flexibility index (Phi) is 7.14. The van der Waals surface area contributed by atoms with Crippen molar-refractivity contribution in [2.45, 2.75) is 70.9 Å². The molecule has 0 heterocycles. The van der Waals surface area contributed by atoms with Crippen molar-refractivity contribution >= 4 is 0 Å². The Morgan fingerprint density at radius 2 is 1.94 bits per heavy atom. The Hall–Kier alpha value is -0.0800. The van der Waals surface area contributed by atoms with E-state index >= 15 is 0 Å². The van der Waals surface area contributed by atoms with Crippen LogP contribution in [0, 0.1) is 5.92 Å². The first-order valence-electron chi connectivity index (χ1n) is 7.52. The smallest absolute Gasteiger partial charge is 0.0118 e. The highest BCUT2D eigenvalue weighted by Gasteiger charge is 2.24. The minimum Gasteiger partial charge on any atom is -0.317 e. The van der Waals surface area contributed by atoms with Crippen LogP contribution in [0.5, 0.6) is 0 Å². The van der Waals surface area contributed by atoms with Gasteiger partial charge in [0.15, 0.2) is 0 Å². The van der Waals surface area contributed by atoms with Gasteiger partial charge >= 0.3 is 0 Å². The average Bonchev–Trinajstić information content (AvgIpc) is 2.34. The third-order valence-corrected chi connectivity index (χ3v) is 4.52. The van der Waals surface area contributed by atoms with Gasteiger partial charge in [0.05, 0.1) is 0 Å². The van der Waals surface area contributed by atoms with E-state index in [2.05, 4.69) is 38.2 Å². The molecule has 2 heteroatoms. The van der Waals surface area contributed by atoms with Crippen molar-refractivity contribution < 1.29 is 0 Å². The molecule has 1 aliphatic carbocycles. The molecule has 1 rings (SSSR count). The summed E-state index contributed by atoms with van der Waals surface area (Å²) in [6, 6.07) is 1.53. The molecule has 1 saturated carbocycles. The van der Waals surface area contributed by atoms with E-state index in [4.69, 9.17) is 0 Å². The maximum atomic E-state index is 3.31. The maximum absolute atomic E-state index is 3.31. The quantitative estimate of drug-likeness (QED) is 0.687. The van der Waals surface area contributed by atoms with Gasteiger partial charge in [-0.15, -0.1) is 0 Å². The second-order valence-corrected chi connectivity index (χ2v) is 6.00. The summed E-state index contributed by atoms with van der Waals surface area (Å²) in [6.45, 7) is 5.99. The fourth-order valence-corrected chi connectivity index (χ4v) is 3.07. The molecule has 2 nitrogen and oxygen atoms in total. The molecule has 1 aliphatic rings. The van der Waals surface area contributed by atoms with Crippen molar-refractivity contribution in [3.63, 3.8) is 0 Å². The lowest BCUT2D eigenvalue weighted by Gasteiger charge is -2.36. The van der Waals surface area contributed by atoms with E-state index in [1.54, 1.807) is 0 Å². The van der Waals surface area contributed by atoms with Gasteiger partial charge in [-0.3, -0.25) is 0 Å². The van der Waals surface area contributed by atoms with Gasteiger partial charge < -0.3 is 10.2 Å². The van der Waals surface area contributed by atoms with Gasteiger partial charge in [-0.1, -0.05) is 26.2 Å². The number of hydrogen-bond donors (Lipinski definition) is 1. The minimum absolute atomic E-state index is 0.675. The van der Waals surface area contributed by atoms with Crippen molar-refractivity contribution in [3.05, 3.63) is 0 Å². The van der Waals surface area contributed by atoms with Gasteiger partial charge in [0, 0.05) is 12.1 Å². The molecule has 0 amide bonds. The van der Waals surface area contributed by atoms with Gasteiger partial charge in [0.25, 0.3) is 0 Å². The molecular weight excluding hydrogens is 208 g/mol. The predicted octanol–water partition coefficient (Wildman–Crippen LogP) is 3.28. The first-order chi connectivity index (χ1) is 8.15. The third-order valence-electron chi connectivity index (χ3n) is 4.52. The molecule has 0 aromatic heterocycles. The highest BCUT2D eigenvalue weighted by Crippen LogP contribution is 2.27. The maximum Gasteiger partial charge on any atom is 0.0118 e. The highest BCUT2D eigenvalue weighted by atomic mass is 15.1. The number of nitrogens with one attached hydrogen (secondary N) is 1. The van der Waals surface area contributed by atoms with Crippen LogP contribution in [0.15, 0.2) is 0 Å². The molecular formula is C15H32N2. The summed E-state index contributed by atoms with van der Waals surface area (Å²) in [5.74, 6) is 0.907. The molecule has 0 saturated heterocycles. The van der Waals surface area contributed by atoms with Crippen LogP contribution >= 0.6 is 0 Å². The largest absolute Gasteiger partial charge is 0.317 e. The predicted molar refractivity (Wildman–Crippen MR) is 76.4 cm³/mol. The van der Waals surface area contributed by atoms with Gasteiger partial charge in [0.2, 0.25) is 0 Å². The van der Waals surface area contributed by atoms with Gasteiger partial charge in [-0.25, -0.2) is 0 Å². The van der Waals surface area contributed by atoms with Crippen LogP contribution in [0.3, 0.4) is 0 Å². The van der Waals surface area contributed by atoms with Gasteiger partial charge in [-0.2, -0.15) is 0 Å². The topological polar surface area (TPSA) is 15.3 Å². The summed E-state index contributed by atoms with van der Waals surface area (Å²) in [4.78, 5) is 2.62. The van der Waals surface area contributed by atoms with Crippen molar-refractivity contribution in [3.8, 4) is 0 Å². The fraction of sp³-hybridized carbons (Fsp3) is 1.00. The second kappa shape index (κ2) is 8.10. The van der Waals surface area contributed by atoms with Gasteiger partial charge in [0.1, 0.15) is 0 Å². The molecule has 17 heavy (non-hydrogen) atoms. The van der Waals surface area contributed by atoms with Crippen LogP contribution in [0.25, 0.3) is 0 Å². The zero-order valence-electron chi connectivity index (χ0n) is 12.3. The molecule has 3 unspecified atom stereocenters. The highest BCUT2D eigenvalue weighted by molar-refractivity contribution is 4.79. The van der Waals surface area contributed by atoms with Crippen LogP contribution in [0.2, 0.25) is 0 Å². The first-order valence-corrected chi connectivity index (χ1v) is 7.52. The van der Waals surface area contributed by atoms with E-state index in [1.807, 2.05) is 0 Å². The van der Waals surface area contributed by atoms with E-state index in [9.17, 15) is 0 Å². The van der Waals surface area contributed by atoms with E-state index < -0.39 is 0 Å². The standard InChI is InChI=1S/C15H32N2/c1-13-9-5-6-11-15(13)17(4)12-8-7-10-14(2)16-3/h13-16H,5-12H2,1-4H3. The van der Waals surface area contributed by atoms with Crippen LogP contribution < -0.4 is 5.32 Å². The SMILES string of the molecule is CNC(C)CCCCN(C)C1CCCCC1C. The van der Waals surface area contributed by atoms with E-state index in [-0.39, 0.29) is 0 Å². The summed E-state index contributed by atoms with van der Waals surface area (Å²) in [7, 11) is 4.38. The molecule has 0 aromatic carbocycles. The fourth-order valence-electron chi connectivity index (χ4n) is 3.07. The monoisotopic (exact) mass is 240 g/mol. The summed E-state index contributed by atoms with van der Waals surface area (Å²) >= 11 is 0. The normalized spacial score (nSPS) is 27.4. The molecule has 1 fully saturated rings. The zero-order chi connectivity index (χ0) is 12.7. The van der Waals surface area contributed by atoms with Gasteiger partial charge in [-0.05, 0) is 59.2 Å². The molecule has 0 radical (unpaired) electrons. The van der Waals surface area contributed by atoms with E-state index in [1.165, 1.54) is 51.5 Å². The lowest BCUT2D eigenvalue weighted by Crippen LogP contribution is -2.39. The van der Waals surface area contributed by atoms with Crippen molar-refractivity contribution in [1.82, 2.24) is 10.2 Å². The Morgan fingerprint density at radius 3 is 2.59 bits per heavy atom. The first kappa shape index (κ1) is 15.0. The lowest BCUT2D eigenvalue weighted by atomic mass is 9.85. The molecule has 0 bridgehead atoms. The van der Waals surface area contributed by atoms with E-state index in [0.717, 1.165) is 12.0 Å². The Morgan fingerprint density at radius 1 is 1.24 bits per heavy atom. The molecule has 0 aromatic rings. The molecule has 0 spiro atoms. The summed E-state index contributed by atoms with van der Waals surface area (Å²) in [6.07, 6.45) is 9.77. The molecule has 102 valence electrons. The molecule has 1 N–H and O–H groups in total. The molecule has 3 atom stereocenters.